The second-order valence-electron chi connectivity index (χ2n) is 7.44. The van der Waals surface area contributed by atoms with Gasteiger partial charge in [0.1, 0.15) is 11.6 Å². The van der Waals surface area contributed by atoms with Gasteiger partial charge in [0.25, 0.3) is 0 Å². The third-order valence-corrected chi connectivity index (χ3v) is 5.37. The van der Waals surface area contributed by atoms with Gasteiger partial charge in [0.15, 0.2) is 0 Å². The quantitative estimate of drug-likeness (QED) is 0.595. The minimum absolute atomic E-state index is 0.0125. The van der Waals surface area contributed by atoms with E-state index in [1.807, 2.05) is 24.3 Å². The minimum atomic E-state index is -0.243. The molecule has 1 fully saturated rings. The molecule has 4 heteroatoms. The molecule has 0 aliphatic carbocycles. The topological polar surface area (TPSA) is 6.48 Å². The zero-order valence-corrected chi connectivity index (χ0v) is 16.0. The van der Waals surface area contributed by atoms with Crippen LogP contribution in [0.2, 0.25) is 0 Å². The van der Waals surface area contributed by atoms with Crippen LogP contribution in [0.25, 0.3) is 0 Å². The summed E-state index contributed by atoms with van der Waals surface area (Å²) in [4.78, 5) is 4.64. The smallest absolute Gasteiger partial charge is 0.127 e. The van der Waals surface area contributed by atoms with E-state index >= 15 is 0 Å². The number of aryl methyl sites for hydroxylation is 1. The van der Waals surface area contributed by atoms with E-state index in [1.165, 1.54) is 29.3 Å². The predicted molar refractivity (Wildman–Crippen MR) is 108 cm³/mol. The van der Waals surface area contributed by atoms with Crippen molar-refractivity contribution in [2.45, 2.75) is 26.2 Å². The van der Waals surface area contributed by atoms with E-state index in [9.17, 15) is 8.78 Å². The van der Waals surface area contributed by atoms with Crippen LogP contribution in [0.3, 0.4) is 0 Å². The van der Waals surface area contributed by atoms with Crippen LogP contribution in [0.5, 0.6) is 0 Å². The molecule has 0 radical (unpaired) electrons. The molecule has 1 heterocycles. The Hall–Kier alpha value is -2.56. The van der Waals surface area contributed by atoms with Gasteiger partial charge in [-0.1, -0.05) is 60.2 Å². The van der Waals surface area contributed by atoms with E-state index in [4.69, 9.17) is 0 Å². The molecule has 4 rings (SSSR count). The Morgan fingerprint density at radius 1 is 0.786 bits per heavy atom. The van der Waals surface area contributed by atoms with Crippen molar-refractivity contribution < 1.29 is 8.78 Å². The van der Waals surface area contributed by atoms with Crippen molar-refractivity contribution in [1.82, 2.24) is 9.80 Å². The summed E-state index contributed by atoms with van der Waals surface area (Å²) in [5, 5.41) is 0. The van der Waals surface area contributed by atoms with Crippen molar-refractivity contribution in [1.29, 1.82) is 0 Å². The first-order valence-corrected chi connectivity index (χ1v) is 9.63. The van der Waals surface area contributed by atoms with Crippen LogP contribution in [0.15, 0.2) is 72.8 Å². The van der Waals surface area contributed by atoms with Gasteiger partial charge in [0, 0.05) is 31.7 Å². The molecular formula is C24H24F2N2. The number of hydrogen-bond donors (Lipinski definition) is 0. The largest absolute Gasteiger partial charge is 0.279 e. The molecule has 2 nitrogen and oxygen atoms in total. The maximum atomic E-state index is 14.2. The molecule has 0 saturated carbocycles. The fraction of sp³-hybridized carbons (Fsp3) is 0.250. The van der Waals surface area contributed by atoms with Gasteiger partial charge in [-0.15, -0.1) is 0 Å². The third-order valence-electron chi connectivity index (χ3n) is 5.37. The fourth-order valence-corrected chi connectivity index (χ4v) is 3.89. The van der Waals surface area contributed by atoms with Crippen molar-refractivity contribution in [3.8, 4) is 0 Å². The summed E-state index contributed by atoms with van der Waals surface area (Å²) < 4.78 is 27.7. The van der Waals surface area contributed by atoms with Crippen LogP contribution in [0.4, 0.5) is 8.78 Å². The third kappa shape index (κ3) is 4.13. The number of hydrogen-bond acceptors (Lipinski definition) is 2. The number of rotatable bonds is 5. The monoisotopic (exact) mass is 378 g/mol. The van der Waals surface area contributed by atoms with Crippen molar-refractivity contribution in [3.63, 3.8) is 0 Å². The molecule has 1 aliphatic rings. The van der Waals surface area contributed by atoms with Crippen molar-refractivity contribution >= 4 is 0 Å². The summed E-state index contributed by atoms with van der Waals surface area (Å²) in [5.74, 6) is -0.426. The Labute approximate surface area is 165 Å². The van der Waals surface area contributed by atoms with Crippen LogP contribution in [0.1, 0.15) is 28.4 Å². The van der Waals surface area contributed by atoms with Gasteiger partial charge in [0.05, 0.1) is 6.17 Å². The van der Waals surface area contributed by atoms with Crippen LogP contribution < -0.4 is 0 Å². The normalized spacial score (nSPS) is 17.9. The highest BCUT2D eigenvalue weighted by atomic mass is 19.1. The summed E-state index contributed by atoms with van der Waals surface area (Å²) in [6.07, 6.45) is -0.0125. The summed E-state index contributed by atoms with van der Waals surface area (Å²) >= 11 is 0. The average molecular weight is 378 g/mol. The number of nitrogens with zero attached hydrogens (tertiary/aromatic N) is 2. The molecule has 0 amide bonds. The van der Waals surface area contributed by atoms with Gasteiger partial charge in [-0.25, -0.2) is 8.78 Å². The number of halogens is 2. The zero-order chi connectivity index (χ0) is 19.5. The highest BCUT2D eigenvalue weighted by Gasteiger charge is 2.33. The maximum absolute atomic E-state index is 14.2. The molecule has 28 heavy (non-hydrogen) atoms. The molecular weight excluding hydrogens is 354 g/mol. The molecule has 0 spiro atoms. The average Bonchev–Trinajstić information content (AvgIpc) is 3.08. The lowest BCUT2D eigenvalue weighted by molar-refractivity contribution is 0.124. The summed E-state index contributed by atoms with van der Waals surface area (Å²) in [6, 6.07) is 22.1. The molecule has 1 atom stereocenters. The zero-order valence-electron chi connectivity index (χ0n) is 16.0. The second kappa shape index (κ2) is 8.21. The highest BCUT2D eigenvalue weighted by Crippen LogP contribution is 2.33. The first kappa shape index (κ1) is 18.8. The SMILES string of the molecule is Cc1ccc(CN2CCN(Cc3ccccc3F)[C@@H]2c2ccc(F)cc2)cc1. The van der Waals surface area contributed by atoms with E-state index in [-0.39, 0.29) is 17.8 Å². The highest BCUT2D eigenvalue weighted by molar-refractivity contribution is 5.25. The molecule has 3 aromatic carbocycles. The van der Waals surface area contributed by atoms with Gasteiger partial charge in [-0.05, 0) is 36.2 Å². The summed E-state index contributed by atoms with van der Waals surface area (Å²) in [5.41, 5.74) is 4.20. The van der Waals surface area contributed by atoms with Crippen LogP contribution in [0, 0.1) is 18.6 Å². The lowest BCUT2D eigenvalue weighted by Gasteiger charge is -2.31. The molecule has 0 N–H and O–H groups in total. The van der Waals surface area contributed by atoms with Gasteiger partial charge in [-0.3, -0.25) is 9.80 Å². The Morgan fingerprint density at radius 2 is 1.43 bits per heavy atom. The fourth-order valence-electron chi connectivity index (χ4n) is 3.89. The molecule has 144 valence electrons. The van der Waals surface area contributed by atoms with E-state index in [1.54, 1.807) is 6.07 Å². The number of benzene rings is 3. The first-order chi connectivity index (χ1) is 13.6. The van der Waals surface area contributed by atoms with Gasteiger partial charge in [-0.2, -0.15) is 0 Å². The van der Waals surface area contributed by atoms with Crippen LogP contribution >= 0.6 is 0 Å². The molecule has 0 bridgehead atoms. The van der Waals surface area contributed by atoms with E-state index in [0.29, 0.717) is 12.1 Å². The predicted octanol–water partition coefficient (Wildman–Crippen LogP) is 5.29. The van der Waals surface area contributed by atoms with Crippen molar-refractivity contribution in [3.05, 3.63) is 107 Å². The molecule has 3 aromatic rings. The Kier molecular flexibility index (Phi) is 5.51. The van der Waals surface area contributed by atoms with Gasteiger partial charge < -0.3 is 0 Å². The van der Waals surface area contributed by atoms with E-state index in [2.05, 4.69) is 41.0 Å². The molecule has 1 saturated heterocycles. The molecule has 0 unspecified atom stereocenters. The lowest BCUT2D eigenvalue weighted by Crippen LogP contribution is -2.30. The van der Waals surface area contributed by atoms with Gasteiger partial charge >= 0.3 is 0 Å². The first-order valence-electron chi connectivity index (χ1n) is 9.63. The summed E-state index contributed by atoms with van der Waals surface area (Å²) in [6.45, 7) is 5.12. The van der Waals surface area contributed by atoms with Crippen molar-refractivity contribution in [2.75, 3.05) is 13.1 Å². The van der Waals surface area contributed by atoms with E-state index < -0.39 is 0 Å². The standard InChI is InChI=1S/C24H24F2N2/c1-18-6-8-19(9-7-18)16-27-14-15-28(17-21-4-2-3-5-23(21)26)24(27)20-10-12-22(25)13-11-20/h2-13,24H,14-17H2,1H3/t24-/m1/s1. The Morgan fingerprint density at radius 3 is 2.11 bits per heavy atom. The van der Waals surface area contributed by atoms with Crippen LogP contribution in [-0.2, 0) is 13.1 Å². The molecule has 1 aliphatic heterocycles. The Bertz CT molecular complexity index is 922. The molecule has 0 aromatic heterocycles. The second-order valence-corrected chi connectivity index (χ2v) is 7.44. The maximum Gasteiger partial charge on any atom is 0.127 e. The minimum Gasteiger partial charge on any atom is -0.279 e. The van der Waals surface area contributed by atoms with Crippen molar-refractivity contribution in [2.24, 2.45) is 0 Å². The Balaban J connectivity index is 1.61. The lowest BCUT2D eigenvalue weighted by atomic mass is 10.1. The summed E-state index contributed by atoms with van der Waals surface area (Å²) in [7, 11) is 0. The van der Waals surface area contributed by atoms with E-state index in [0.717, 1.165) is 25.2 Å². The van der Waals surface area contributed by atoms with Crippen LogP contribution in [-0.4, -0.2) is 22.9 Å². The van der Waals surface area contributed by atoms with Gasteiger partial charge in [0.2, 0.25) is 0 Å².